The van der Waals surface area contributed by atoms with Gasteiger partial charge >= 0.3 is 0 Å². The minimum absolute atomic E-state index is 0.0873. The third kappa shape index (κ3) is 3.26. The Balaban J connectivity index is 1.56. The summed E-state index contributed by atoms with van der Waals surface area (Å²) >= 11 is 0. The maximum atomic E-state index is 2.52. The molecule has 0 aromatic heterocycles. The van der Waals surface area contributed by atoms with E-state index in [0.717, 1.165) is 11.1 Å². The third-order valence-corrected chi connectivity index (χ3v) is 10.6. The van der Waals surface area contributed by atoms with Crippen molar-refractivity contribution < 1.29 is 0 Å². The van der Waals surface area contributed by atoms with Gasteiger partial charge in [-0.15, -0.1) is 0 Å². The van der Waals surface area contributed by atoms with Gasteiger partial charge in [-0.05, 0) is 68.1 Å². The predicted octanol–water partition coefficient (Wildman–Crippen LogP) is 7.43. The van der Waals surface area contributed by atoms with Crippen LogP contribution in [0, 0.1) is 0 Å². The zero-order valence-corrected chi connectivity index (χ0v) is 21.0. The molecule has 2 atom stereocenters. The summed E-state index contributed by atoms with van der Waals surface area (Å²) in [5, 5.41) is 0. The molecule has 0 spiro atoms. The first-order chi connectivity index (χ1) is 14.1. The van der Waals surface area contributed by atoms with Crippen LogP contribution in [0.15, 0.2) is 60.2 Å². The van der Waals surface area contributed by atoms with Crippen molar-refractivity contribution in [3.8, 4) is 11.1 Å². The topological polar surface area (TPSA) is 0 Å². The Morgan fingerprint density at radius 1 is 0.800 bits per heavy atom. The molecule has 0 radical (unpaired) electrons. The van der Waals surface area contributed by atoms with Crippen LogP contribution in [0.1, 0.15) is 82.6 Å². The summed E-state index contributed by atoms with van der Waals surface area (Å²) in [6.07, 6.45) is 9.62. The quantitative estimate of drug-likeness (QED) is 0.450. The van der Waals surface area contributed by atoms with E-state index in [2.05, 4.69) is 96.2 Å². The van der Waals surface area contributed by atoms with E-state index >= 15 is 0 Å². The lowest BCUT2D eigenvalue weighted by Gasteiger charge is -2.40. The Labute approximate surface area is 185 Å². The number of hydrogen-bond acceptors (Lipinski definition) is 0. The van der Waals surface area contributed by atoms with Crippen molar-refractivity contribution in [1.82, 2.24) is 0 Å². The zero-order valence-electron chi connectivity index (χ0n) is 19.5. The van der Waals surface area contributed by atoms with Crippen LogP contribution in [0.4, 0.5) is 0 Å². The molecule has 5 rings (SSSR count). The van der Waals surface area contributed by atoms with E-state index in [1.807, 2.05) is 0 Å². The fraction of sp³-hybridized carbons (Fsp3) is 0.448. The van der Waals surface area contributed by atoms with Crippen molar-refractivity contribution in [1.29, 1.82) is 0 Å². The van der Waals surface area contributed by atoms with Gasteiger partial charge < -0.3 is 0 Å². The SMILES string of the molecule is CC(C)(C)c1ccc2c(c1)-c1cc(C(C)(C)C)ccc1C2C1CC(C2=CC=CC2)[SiH2]1. The fourth-order valence-corrected chi connectivity index (χ4v) is 8.31. The van der Waals surface area contributed by atoms with Crippen molar-refractivity contribution in [3.63, 3.8) is 0 Å². The average molecular weight is 413 g/mol. The summed E-state index contributed by atoms with van der Waals surface area (Å²) in [4.78, 5) is 0. The van der Waals surface area contributed by atoms with E-state index in [-0.39, 0.29) is 20.3 Å². The molecule has 2 aliphatic carbocycles. The van der Waals surface area contributed by atoms with Gasteiger partial charge in [0, 0.05) is 15.4 Å². The number of hydrogen-bond donors (Lipinski definition) is 0. The van der Waals surface area contributed by atoms with Gasteiger partial charge in [0.1, 0.15) is 0 Å². The number of rotatable bonds is 2. The summed E-state index contributed by atoms with van der Waals surface area (Å²) in [5.74, 6) is 0.635. The van der Waals surface area contributed by atoms with Gasteiger partial charge in [-0.25, -0.2) is 0 Å². The van der Waals surface area contributed by atoms with E-state index in [4.69, 9.17) is 0 Å². The molecule has 1 heterocycles. The fourth-order valence-electron chi connectivity index (χ4n) is 5.73. The molecule has 0 N–H and O–H groups in total. The molecule has 2 unspecified atom stereocenters. The minimum atomic E-state index is -0.0873. The predicted molar refractivity (Wildman–Crippen MR) is 134 cm³/mol. The first-order valence-corrected chi connectivity index (χ1v) is 13.4. The second kappa shape index (κ2) is 6.82. The number of fused-ring (bicyclic) bond motifs is 3. The summed E-state index contributed by atoms with van der Waals surface area (Å²) in [6.45, 7) is 14.0. The van der Waals surface area contributed by atoms with E-state index in [1.165, 1.54) is 35.1 Å². The van der Waals surface area contributed by atoms with E-state index in [9.17, 15) is 0 Å². The molecule has 0 amide bonds. The second-order valence-electron chi connectivity index (χ2n) is 11.9. The Hall–Kier alpha value is -1.86. The minimum Gasteiger partial charge on any atom is -0.0805 e. The van der Waals surface area contributed by atoms with Gasteiger partial charge in [0.2, 0.25) is 0 Å². The first kappa shape index (κ1) is 20.1. The molecular weight excluding hydrogens is 376 g/mol. The lowest BCUT2D eigenvalue weighted by atomic mass is 9.83. The Morgan fingerprint density at radius 3 is 1.77 bits per heavy atom. The molecule has 30 heavy (non-hydrogen) atoms. The monoisotopic (exact) mass is 412 g/mol. The standard InChI is InChI=1S/C29H36Si/c1-28(2,3)19-11-13-21-23(15-19)24-16-20(29(4,5)6)12-14-22(24)27(21)26-17-25(30-26)18-9-7-8-10-18/h7-9,11-16,25-27H,10,17,30H2,1-6H3. The maximum absolute atomic E-state index is 2.52. The Kier molecular flexibility index (Phi) is 4.56. The van der Waals surface area contributed by atoms with Crippen LogP contribution in [-0.4, -0.2) is 9.52 Å². The molecule has 1 saturated heterocycles. The number of allylic oxidation sites excluding steroid dienone is 4. The van der Waals surface area contributed by atoms with Crippen LogP contribution in [0.25, 0.3) is 11.1 Å². The van der Waals surface area contributed by atoms with Gasteiger partial charge in [-0.2, -0.15) is 0 Å². The third-order valence-electron chi connectivity index (χ3n) is 7.77. The smallest absolute Gasteiger partial charge is 0.0327 e. The van der Waals surface area contributed by atoms with Crippen molar-refractivity contribution >= 4 is 9.52 Å². The van der Waals surface area contributed by atoms with Crippen LogP contribution in [0.5, 0.6) is 0 Å². The molecule has 1 aliphatic heterocycles. The highest BCUT2D eigenvalue weighted by molar-refractivity contribution is 6.45. The van der Waals surface area contributed by atoms with Gasteiger partial charge in [0.15, 0.2) is 0 Å². The van der Waals surface area contributed by atoms with Crippen LogP contribution >= 0.6 is 0 Å². The van der Waals surface area contributed by atoms with Crippen molar-refractivity contribution in [2.24, 2.45) is 0 Å². The van der Waals surface area contributed by atoms with E-state index < -0.39 is 0 Å². The van der Waals surface area contributed by atoms with Crippen molar-refractivity contribution in [2.75, 3.05) is 0 Å². The van der Waals surface area contributed by atoms with Crippen molar-refractivity contribution in [2.45, 2.75) is 82.2 Å². The molecule has 0 bridgehead atoms. The van der Waals surface area contributed by atoms with Crippen LogP contribution < -0.4 is 0 Å². The normalized spacial score (nSPS) is 24.0. The highest BCUT2D eigenvalue weighted by Gasteiger charge is 2.43. The lowest BCUT2D eigenvalue weighted by Crippen LogP contribution is -2.30. The lowest BCUT2D eigenvalue weighted by molar-refractivity contribution is 0.580. The largest absolute Gasteiger partial charge is 0.0805 e. The Bertz CT molecular complexity index is 985. The maximum Gasteiger partial charge on any atom is 0.0327 e. The van der Waals surface area contributed by atoms with Crippen molar-refractivity contribution in [3.05, 3.63) is 82.5 Å². The van der Waals surface area contributed by atoms with Crippen LogP contribution in [0.3, 0.4) is 0 Å². The van der Waals surface area contributed by atoms with Crippen LogP contribution in [0.2, 0.25) is 11.1 Å². The summed E-state index contributed by atoms with van der Waals surface area (Å²) in [6, 6.07) is 14.8. The number of benzene rings is 2. The molecule has 1 heteroatoms. The highest BCUT2D eigenvalue weighted by atomic mass is 28.2. The van der Waals surface area contributed by atoms with E-state index in [1.54, 1.807) is 16.7 Å². The van der Waals surface area contributed by atoms with Crippen LogP contribution in [-0.2, 0) is 10.8 Å². The summed E-state index contributed by atoms with van der Waals surface area (Å²) in [5.41, 5.74) is 13.1. The zero-order chi connectivity index (χ0) is 21.3. The second-order valence-corrected chi connectivity index (χ2v) is 14.4. The van der Waals surface area contributed by atoms with Gasteiger partial charge in [-0.3, -0.25) is 0 Å². The molecule has 0 nitrogen and oxygen atoms in total. The Morgan fingerprint density at radius 2 is 1.33 bits per heavy atom. The molecule has 0 saturated carbocycles. The van der Waals surface area contributed by atoms with Gasteiger partial charge in [-0.1, -0.05) is 102 Å². The molecule has 2 aromatic carbocycles. The molecule has 1 fully saturated rings. The van der Waals surface area contributed by atoms with Gasteiger partial charge in [0.05, 0.1) is 0 Å². The van der Waals surface area contributed by atoms with E-state index in [0.29, 0.717) is 5.92 Å². The molecule has 156 valence electrons. The van der Waals surface area contributed by atoms with Gasteiger partial charge in [0.25, 0.3) is 0 Å². The molecule has 3 aliphatic rings. The summed E-state index contributed by atoms with van der Waals surface area (Å²) in [7, 11) is -0.0873. The summed E-state index contributed by atoms with van der Waals surface area (Å²) < 4.78 is 0. The molecule has 2 aromatic rings. The molecular formula is C29H36Si. The first-order valence-electron chi connectivity index (χ1n) is 11.8. The average Bonchev–Trinajstić information content (AvgIpc) is 3.26. The highest BCUT2D eigenvalue weighted by Crippen LogP contribution is 2.58.